The van der Waals surface area contributed by atoms with Crippen molar-refractivity contribution < 1.29 is 22.3 Å². The molecule has 3 aromatic carbocycles. The molecule has 3 aromatic rings. The second-order valence-electron chi connectivity index (χ2n) is 6.94. The fourth-order valence-electron chi connectivity index (χ4n) is 3.03. The molecule has 0 aliphatic heterocycles. The maximum absolute atomic E-state index is 14.0. The average Bonchev–Trinajstić information content (AvgIpc) is 2.76. The van der Waals surface area contributed by atoms with E-state index < -0.39 is 15.8 Å². The number of hydrogen-bond acceptors (Lipinski definition) is 4. The minimum absolute atomic E-state index is 0.146. The van der Waals surface area contributed by atoms with Gasteiger partial charge in [-0.2, -0.15) is 0 Å². The van der Waals surface area contributed by atoms with Gasteiger partial charge in [-0.25, -0.2) is 12.8 Å². The third-order valence-electron chi connectivity index (χ3n) is 4.68. The maximum atomic E-state index is 14.0. The average molecular weight is 443 g/mol. The third kappa shape index (κ3) is 5.82. The highest BCUT2D eigenvalue weighted by molar-refractivity contribution is 7.92. The van der Waals surface area contributed by atoms with Crippen molar-refractivity contribution in [1.82, 2.24) is 5.32 Å². The van der Waals surface area contributed by atoms with Crippen molar-refractivity contribution in [3.05, 3.63) is 95.3 Å². The van der Waals surface area contributed by atoms with E-state index >= 15 is 0 Å². The maximum Gasteiger partial charge on any atom is 0.251 e. The second-order valence-corrected chi connectivity index (χ2v) is 8.85. The lowest BCUT2D eigenvalue weighted by atomic mass is 10.1. The van der Waals surface area contributed by atoms with E-state index in [1.54, 1.807) is 19.2 Å². The highest BCUT2D eigenvalue weighted by atomic mass is 32.2. The zero-order valence-electron chi connectivity index (χ0n) is 17.2. The van der Waals surface area contributed by atoms with Crippen LogP contribution in [0.15, 0.2) is 72.8 Å². The predicted molar refractivity (Wildman–Crippen MR) is 118 cm³/mol. The summed E-state index contributed by atoms with van der Waals surface area (Å²) >= 11 is 0. The summed E-state index contributed by atoms with van der Waals surface area (Å²) in [5.74, 6) is -0.0779. The zero-order chi connectivity index (χ0) is 22.4. The van der Waals surface area contributed by atoms with Gasteiger partial charge in [0.25, 0.3) is 5.91 Å². The van der Waals surface area contributed by atoms with Gasteiger partial charge in [-0.05, 0) is 48.0 Å². The molecule has 0 spiro atoms. The molecule has 0 aliphatic rings. The first-order chi connectivity index (χ1) is 14.8. The molecule has 0 heterocycles. The lowest BCUT2D eigenvalue weighted by Gasteiger charge is -2.23. The number of halogens is 1. The van der Waals surface area contributed by atoms with Gasteiger partial charge < -0.3 is 10.1 Å². The van der Waals surface area contributed by atoms with Crippen molar-refractivity contribution >= 4 is 21.6 Å². The van der Waals surface area contributed by atoms with E-state index in [-0.39, 0.29) is 18.0 Å². The van der Waals surface area contributed by atoms with E-state index in [2.05, 4.69) is 5.32 Å². The van der Waals surface area contributed by atoms with Gasteiger partial charge in [0.1, 0.15) is 11.6 Å². The molecule has 0 saturated heterocycles. The molecule has 31 heavy (non-hydrogen) atoms. The highest BCUT2D eigenvalue weighted by Gasteiger charge is 2.20. The Labute approximate surface area is 181 Å². The number of methoxy groups -OCH3 is 1. The van der Waals surface area contributed by atoms with Gasteiger partial charge in [-0.15, -0.1) is 0 Å². The number of benzene rings is 3. The molecular weight excluding hydrogens is 419 g/mol. The van der Waals surface area contributed by atoms with Crippen molar-refractivity contribution in [3.8, 4) is 5.75 Å². The van der Waals surface area contributed by atoms with E-state index in [0.717, 1.165) is 16.1 Å². The van der Waals surface area contributed by atoms with E-state index in [0.29, 0.717) is 23.5 Å². The molecule has 162 valence electrons. The smallest absolute Gasteiger partial charge is 0.251 e. The predicted octanol–water partition coefficient (Wildman–Crippen LogP) is 3.73. The molecule has 0 unspecified atom stereocenters. The molecule has 0 radical (unpaired) electrons. The largest absolute Gasteiger partial charge is 0.497 e. The van der Waals surface area contributed by atoms with Gasteiger partial charge >= 0.3 is 0 Å². The van der Waals surface area contributed by atoms with Crippen LogP contribution in [0.1, 0.15) is 21.5 Å². The number of nitrogens with one attached hydrogen (secondary N) is 1. The Kier molecular flexibility index (Phi) is 6.91. The third-order valence-corrected chi connectivity index (χ3v) is 5.82. The molecule has 0 aliphatic carbocycles. The molecule has 0 fully saturated rings. The van der Waals surface area contributed by atoms with Crippen LogP contribution in [0.5, 0.6) is 5.75 Å². The monoisotopic (exact) mass is 442 g/mol. The standard InChI is InChI=1S/C23H23FN2O4S/c1-30-21-8-5-6-17(14-21)15-25-23(27)18-10-12-20(13-11-18)26(31(2,28)29)16-19-7-3-4-9-22(19)24/h3-14H,15-16H2,1-2H3,(H,25,27). The minimum Gasteiger partial charge on any atom is -0.497 e. The molecule has 0 saturated carbocycles. The van der Waals surface area contributed by atoms with Crippen LogP contribution in [0.2, 0.25) is 0 Å². The van der Waals surface area contributed by atoms with Crippen LogP contribution in [0.25, 0.3) is 0 Å². The van der Waals surface area contributed by atoms with Gasteiger partial charge in [0, 0.05) is 17.7 Å². The van der Waals surface area contributed by atoms with E-state index in [4.69, 9.17) is 4.74 Å². The van der Waals surface area contributed by atoms with Crippen molar-refractivity contribution in [2.45, 2.75) is 13.1 Å². The number of rotatable bonds is 8. The van der Waals surface area contributed by atoms with Crippen LogP contribution in [0.3, 0.4) is 0 Å². The zero-order valence-corrected chi connectivity index (χ0v) is 18.0. The van der Waals surface area contributed by atoms with Gasteiger partial charge in [0.05, 0.1) is 25.6 Å². The Balaban J connectivity index is 1.73. The number of ether oxygens (including phenoxy) is 1. The van der Waals surface area contributed by atoms with Crippen molar-refractivity contribution in [1.29, 1.82) is 0 Å². The molecule has 1 amide bonds. The lowest BCUT2D eigenvalue weighted by molar-refractivity contribution is 0.0951. The molecular formula is C23H23FN2O4S. The van der Waals surface area contributed by atoms with Crippen LogP contribution in [-0.4, -0.2) is 27.7 Å². The molecule has 8 heteroatoms. The van der Waals surface area contributed by atoms with Gasteiger partial charge in [-0.1, -0.05) is 30.3 Å². The number of nitrogens with zero attached hydrogens (tertiary/aromatic N) is 1. The normalized spacial score (nSPS) is 11.1. The number of anilines is 1. The summed E-state index contributed by atoms with van der Waals surface area (Å²) in [5.41, 5.74) is 1.87. The Morgan fingerprint density at radius 3 is 2.39 bits per heavy atom. The highest BCUT2D eigenvalue weighted by Crippen LogP contribution is 2.22. The van der Waals surface area contributed by atoms with Crippen molar-refractivity contribution in [2.75, 3.05) is 17.7 Å². The van der Waals surface area contributed by atoms with Crippen LogP contribution < -0.4 is 14.4 Å². The molecule has 0 atom stereocenters. The first kappa shape index (κ1) is 22.3. The summed E-state index contributed by atoms with van der Waals surface area (Å²) in [7, 11) is -2.09. The van der Waals surface area contributed by atoms with Crippen LogP contribution >= 0.6 is 0 Å². The molecule has 0 bridgehead atoms. The Bertz CT molecular complexity index is 1160. The Hall–Kier alpha value is -3.39. The first-order valence-corrected chi connectivity index (χ1v) is 11.3. The fraction of sp³-hybridized carbons (Fsp3) is 0.174. The minimum atomic E-state index is -3.66. The SMILES string of the molecule is COc1cccc(CNC(=O)c2ccc(N(Cc3ccccc3F)S(C)(=O)=O)cc2)c1. The van der Waals surface area contributed by atoms with Gasteiger partial charge in [-0.3, -0.25) is 9.10 Å². The van der Waals surface area contributed by atoms with Gasteiger partial charge in [0.2, 0.25) is 10.0 Å². The molecule has 6 nitrogen and oxygen atoms in total. The van der Waals surface area contributed by atoms with Crippen molar-refractivity contribution in [2.24, 2.45) is 0 Å². The van der Waals surface area contributed by atoms with Gasteiger partial charge in [0.15, 0.2) is 0 Å². The molecule has 3 rings (SSSR count). The summed E-state index contributed by atoms with van der Waals surface area (Å²) in [4.78, 5) is 12.5. The first-order valence-electron chi connectivity index (χ1n) is 9.50. The fourth-order valence-corrected chi connectivity index (χ4v) is 3.91. The van der Waals surface area contributed by atoms with E-state index in [1.165, 1.54) is 36.4 Å². The quantitative estimate of drug-likeness (QED) is 0.577. The van der Waals surface area contributed by atoms with Crippen LogP contribution in [0.4, 0.5) is 10.1 Å². The summed E-state index contributed by atoms with van der Waals surface area (Å²) in [6.07, 6.45) is 1.06. The summed E-state index contributed by atoms with van der Waals surface area (Å²) in [6.45, 7) is 0.174. The molecule has 0 aromatic heterocycles. The summed E-state index contributed by atoms with van der Waals surface area (Å²) in [6, 6.07) is 19.5. The van der Waals surface area contributed by atoms with E-state index in [9.17, 15) is 17.6 Å². The van der Waals surface area contributed by atoms with Crippen LogP contribution in [0, 0.1) is 5.82 Å². The number of carbonyl (C=O) groups is 1. The lowest BCUT2D eigenvalue weighted by Crippen LogP contribution is -2.30. The Morgan fingerprint density at radius 1 is 1.03 bits per heavy atom. The number of hydrogen-bond donors (Lipinski definition) is 1. The summed E-state index contributed by atoms with van der Waals surface area (Å²) in [5, 5.41) is 2.82. The summed E-state index contributed by atoms with van der Waals surface area (Å²) < 4.78 is 44.9. The number of carbonyl (C=O) groups excluding carboxylic acids is 1. The molecule has 1 N–H and O–H groups in total. The van der Waals surface area contributed by atoms with E-state index in [1.807, 2.05) is 24.3 Å². The van der Waals surface area contributed by atoms with Crippen molar-refractivity contribution in [3.63, 3.8) is 0 Å². The number of amides is 1. The topological polar surface area (TPSA) is 75.7 Å². The van der Waals surface area contributed by atoms with Crippen LogP contribution in [-0.2, 0) is 23.1 Å². The Morgan fingerprint density at radius 2 is 1.74 bits per heavy atom. The number of sulfonamides is 1. The second kappa shape index (κ2) is 9.61.